The molecule has 1 atom stereocenters. The van der Waals surface area contributed by atoms with Crippen molar-refractivity contribution in [3.63, 3.8) is 0 Å². The Kier molecular flexibility index (Phi) is 7.38. The van der Waals surface area contributed by atoms with Gasteiger partial charge in [-0.15, -0.1) is 39.7 Å². The summed E-state index contributed by atoms with van der Waals surface area (Å²) in [4.78, 5) is 6.08. The average molecular weight is 563 g/mol. The van der Waals surface area contributed by atoms with Crippen LogP contribution in [0.5, 0.6) is 11.5 Å². The maximum atomic E-state index is 6.04. The molecule has 33 heavy (non-hydrogen) atoms. The second kappa shape index (κ2) is 10.3. The molecule has 0 saturated carbocycles. The standard InChI is InChI=1S/C24H20ClN3O2S2.BrH/c1-29-21-10-7-16(12-22(21)30-2)20-13-18(23-4-3-11-31-23)27-28(20)24-26-19(14-32-24)15-5-8-17(25)9-6-15;/h3-12,14,20H,13H2,1-2H3;1H. The topological polar surface area (TPSA) is 47.0 Å². The van der Waals surface area contributed by atoms with Gasteiger partial charge in [-0.1, -0.05) is 35.9 Å². The number of methoxy groups -OCH3 is 2. The van der Waals surface area contributed by atoms with Crippen molar-refractivity contribution in [2.75, 3.05) is 19.2 Å². The number of halogens is 2. The van der Waals surface area contributed by atoms with E-state index < -0.39 is 0 Å². The number of thiophene rings is 1. The van der Waals surface area contributed by atoms with E-state index >= 15 is 0 Å². The third-order valence-corrected chi connectivity index (χ3v) is 7.34. The van der Waals surface area contributed by atoms with E-state index in [1.54, 1.807) is 36.9 Å². The van der Waals surface area contributed by atoms with Gasteiger partial charge in [0.05, 0.1) is 36.5 Å². The minimum Gasteiger partial charge on any atom is -0.493 e. The SMILES string of the molecule is Br.COc1ccc(C2CC(c3cccs3)=NN2c2nc(-c3ccc(Cl)cc3)cs2)cc1OC. The second-order valence-electron chi connectivity index (χ2n) is 7.23. The quantitative estimate of drug-likeness (QED) is 0.244. The Labute approximate surface area is 216 Å². The predicted octanol–water partition coefficient (Wildman–Crippen LogP) is 7.48. The van der Waals surface area contributed by atoms with Gasteiger partial charge in [0.1, 0.15) is 0 Å². The van der Waals surface area contributed by atoms with Gasteiger partial charge in [-0.05, 0) is 41.3 Å². The Morgan fingerprint density at radius 3 is 2.48 bits per heavy atom. The molecule has 2 aromatic carbocycles. The molecule has 1 aliphatic rings. The molecule has 0 N–H and O–H groups in total. The summed E-state index contributed by atoms with van der Waals surface area (Å²) in [5, 5.41) is 12.7. The van der Waals surface area contributed by atoms with E-state index in [-0.39, 0.29) is 23.0 Å². The van der Waals surface area contributed by atoms with Gasteiger partial charge in [0.25, 0.3) is 0 Å². The maximum absolute atomic E-state index is 6.04. The van der Waals surface area contributed by atoms with Gasteiger partial charge >= 0.3 is 0 Å². The highest BCUT2D eigenvalue weighted by Gasteiger charge is 2.32. The fraction of sp³-hybridized carbons (Fsp3) is 0.167. The van der Waals surface area contributed by atoms with E-state index in [0.717, 1.165) is 34.1 Å². The zero-order valence-electron chi connectivity index (χ0n) is 17.9. The number of hydrazone groups is 1. The smallest absolute Gasteiger partial charge is 0.207 e. The Balaban J connectivity index is 0.00000259. The van der Waals surface area contributed by atoms with Crippen LogP contribution < -0.4 is 14.5 Å². The van der Waals surface area contributed by atoms with Crippen LogP contribution in [0.2, 0.25) is 5.02 Å². The molecule has 4 aromatic rings. The summed E-state index contributed by atoms with van der Waals surface area (Å²) in [5.74, 6) is 1.41. The molecule has 0 spiro atoms. The van der Waals surface area contributed by atoms with Crippen molar-refractivity contribution < 1.29 is 9.47 Å². The lowest BCUT2D eigenvalue weighted by molar-refractivity contribution is 0.354. The van der Waals surface area contributed by atoms with Crippen molar-refractivity contribution in [1.82, 2.24) is 4.98 Å². The number of ether oxygens (including phenoxy) is 2. The highest BCUT2D eigenvalue weighted by Crippen LogP contribution is 2.42. The molecule has 0 fully saturated rings. The molecule has 5 rings (SSSR count). The molecule has 0 radical (unpaired) electrons. The normalized spacial score (nSPS) is 15.2. The predicted molar refractivity (Wildman–Crippen MR) is 143 cm³/mol. The van der Waals surface area contributed by atoms with Crippen molar-refractivity contribution in [2.24, 2.45) is 5.10 Å². The minimum absolute atomic E-state index is 0. The van der Waals surface area contributed by atoms with Crippen molar-refractivity contribution in [2.45, 2.75) is 12.5 Å². The first-order chi connectivity index (χ1) is 15.7. The first kappa shape index (κ1) is 23.8. The molecule has 9 heteroatoms. The first-order valence-electron chi connectivity index (χ1n) is 10.00. The Morgan fingerprint density at radius 2 is 1.79 bits per heavy atom. The number of aromatic nitrogens is 1. The number of anilines is 1. The summed E-state index contributed by atoms with van der Waals surface area (Å²) in [6.07, 6.45) is 0.784. The third kappa shape index (κ3) is 4.80. The number of hydrogen-bond acceptors (Lipinski definition) is 7. The van der Waals surface area contributed by atoms with Crippen LogP contribution >= 0.6 is 51.3 Å². The summed E-state index contributed by atoms with van der Waals surface area (Å²) >= 11 is 9.33. The van der Waals surface area contributed by atoms with Crippen molar-refractivity contribution in [3.05, 3.63) is 80.8 Å². The minimum atomic E-state index is 0. The van der Waals surface area contributed by atoms with E-state index in [2.05, 4.69) is 29.0 Å². The van der Waals surface area contributed by atoms with Gasteiger partial charge in [0, 0.05) is 22.4 Å². The number of nitrogens with zero attached hydrogens (tertiary/aromatic N) is 3. The van der Waals surface area contributed by atoms with E-state index in [1.165, 1.54) is 4.88 Å². The lowest BCUT2D eigenvalue weighted by atomic mass is 10.0. The van der Waals surface area contributed by atoms with E-state index in [9.17, 15) is 0 Å². The molecule has 1 aliphatic heterocycles. The van der Waals surface area contributed by atoms with E-state index in [4.69, 9.17) is 31.2 Å². The van der Waals surface area contributed by atoms with E-state index in [0.29, 0.717) is 16.5 Å². The lowest BCUT2D eigenvalue weighted by Gasteiger charge is -2.22. The van der Waals surface area contributed by atoms with Crippen LogP contribution in [0.25, 0.3) is 11.3 Å². The molecule has 1 unspecified atom stereocenters. The molecule has 2 aromatic heterocycles. The van der Waals surface area contributed by atoms with Crippen LogP contribution in [0.3, 0.4) is 0 Å². The summed E-state index contributed by atoms with van der Waals surface area (Å²) in [6, 6.07) is 17.9. The van der Waals surface area contributed by atoms with Crippen molar-refractivity contribution in [3.8, 4) is 22.8 Å². The van der Waals surface area contributed by atoms with Crippen LogP contribution in [-0.4, -0.2) is 24.9 Å². The van der Waals surface area contributed by atoms with Crippen molar-refractivity contribution in [1.29, 1.82) is 0 Å². The van der Waals surface area contributed by atoms with Crippen LogP contribution in [0.4, 0.5) is 5.13 Å². The number of hydrogen-bond donors (Lipinski definition) is 0. The van der Waals surface area contributed by atoms with Crippen LogP contribution in [0.15, 0.2) is 70.5 Å². The number of rotatable bonds is 6. The van der Waals surface area contributed by atoms with Crippen LogP contribution in [-0.2, 0) is 0 Å². The van der Waals surface area contributed by atoms with Gasteiger partial charge in [0.2, 0.25) is 5.13 Å². The lowest BCUT2D eigenvalue weighted by Crippen LogP contribution is -2.18. The molecule has 0 amide bonds. The zero-order chi connectivity index (χ0) is 22.1. The molecular weight excluding hydrogens is 542 g/mol. The number of benzene rings is 2. The average Bonchev–Trinajstić information content (AvgIpc) is 3.59. The summed E-state index contributed by atoms with van der Waals surface area (Å²) in [7, 11) is 3.30. The summed E-state index contributed by atoms with van der Waals surface area (Å²) < 4.78 is 11.0. The molecule has 0 bridgehead atoms. The molecule has 0 aliphatic carbocycles. The fourth-order valence-electron chi connectivity index (χ4n) is 3.72. The van der Waals surface area contributed by atoms with Gasteiger partial charge in [0.15, 0.2) is 11.5 Å². The number of thiazole rings is 1. The Bertz CT molecular complexity index is 1260. The largest absolute Gasteiger partial charge is 0.493 e. The second-order valence-corrected chi connectivity index (χ2v) is 9.45. The van der Waals surface area contributed by atoms with Gasteiger partial charge in [-0.3, -0.25) is 0 Å². The summed E-state index contributed by atoms with van der Waals surface area (Å²) in [5.41, 5.74) is 4.10. The maximum Gasteiger partial charge on any atom is 0.207 e. The third-order valence-electron chi connectivity index (χ3n) is 5.34. The fourth-order valence-corrected chi connectivity index (χ4v) is 5.40. The molecule has 0 saturated heterocycles. The molecule has 5 nitrogen and oxygen atoms in total. The van der Waals surface area contributed by atoms with Gasteiger partial charge in [-0.2, -0.15) is 5.10 Å². The highest BCUT2D eigenvalue weighted by atomic mass is 79.9. The molecule has 170 valence electrons. The van der Waals surface area contributed by atoms with Gasteiger partial charge in [-0.25, -0.2) is 9.99 Å². The first-order valence-corrected chi connectivity index (χ1v) is 12.1. The molecular formula is C24H21BrClN3O2S2. The molecule has 3 heterocycles. The van der Waals surface area contributed by atoms with Crippen molar-refractivity contribution >= 4 is 62.1 Å². The highest BCUT2D eigenvalue weighted by molar-refractivity contribution is 8.93. The van der Waals surface area contributed by atoms with Crippen LogP contribution in [0.1, 0.15) is 22.9 Å². The van der Waals surface area contributed by atoms with Gasteiger partial charge < -0.3 is 9.47 Å². The zero-order valence-corrected chi connectivity index (χ0v) is 22.0. The monoisotopic (exact) mass is 561 g/mol. The summed E-state index contributed by atoms with van der Waals surface area (Å²) in [6.45, 7) is 0. The van der Waals surface area contributed by atoms with Crippen LogP contribution in [0, 0.1) is 0 Å². The Hall–Kier alpha value is -2.39. The Morgan fingerprint density at radius 1 is 1.00 bits per heavy atom. The van der Waals surface area contributed by atoms with E-state index in [1.807, 2.05) is 41.4 Å².